The Morgan fingerprint density at radius 2 is 1.96 bits per heavy atom. The predicted octanol–water partition coefficient (Wildman–Crippen LogP) is 4.61. The third-order valence-corrected chi connectivity index (χ3v) is 3.70. The normalized spacial score (nSPS) is 11.6. The van der Waals surface area contributed by atoms with Gasteiger partial charge >= 0.3 is 0 Å². The Balaban J connectivity index is 0.00000127. The van der Waals surface area contributed by atoms with Gasteiger partial charge in [-0.05, 0) is 37.1 Å². The number of nitrogens with zero attached hydrogens (tertiary/aromatic N) is 2. The van der Waals surface area contributed by atoms with Crippen LogP contribution < -0.4 is 0 Å². The molecule has 118 valence electrons. The Labute approximate surface area is 141 Å². The zero-order chi connectivity index (χ0) is 17.1. The number of rotatable bonds is 5. The molecule has 23 heavy (non-hydrogen) atoms. The molecule has 0 aliphatic heterocycles. The fourth-order valence-corrected chi connectivity index (χ4v) is 2.49. The molecular weight excluding hydrogens is 304 g/mol. The van der Waals surface area contributed by atoms with E-state index < -0.39 is 0 Å². The lowest BCUT2D eigenvalue weighted by Crippen LogP contribution is -1.84. The van der Waals surface area contributed by atoms with Gasteiger partial charge < -0.3 is 5.11 Å². The van der Waals surface area contributed by atoms with Crippen LogP contribution in [0.25, 0.3) is 5.57 Å². The SMILES string of the molecule is C#C.C/C=C\C(=C/C)c1csc(C=Nc2ccc(CO)cc2)n1. The molecule has 0 aliphatic rings. The topological polar surface area (TPSA) is 45.5 Å². The quantitative estimate of drug-likeness (QED) is 0.496. The van der Waals surface area contributed by atoms with Gasteiger partial charge in [0, 0.05) is 5.38 Å². The molecule has 0 spiro atoms. The van der Waals surface area contributed by atoms with Crippen LogP contribution in [-0.4, -0.2) is 16.3 Å². The van der Waals surface area contributed by atoms with Crippen molar-refractivity contribution in [2.45, 2.75) is 20.5 Å². The van der Waals surface area contributed by atoms with Crippen molar-refractivity contribution < 1.29 is 5.11 Å². The molecule has 1 aromatic heterocycles. The smallest absolute Gasteiger partial charge is 0.135 e. The van der Waals surface area contributed by atoms with Gasteiger partial charge in [0.25, 0.3) is 0 Å². The number of hydrogen-bond donors (Lipinski definition) is 1. The van der Waals surface area contributed by atoms with Gasteiger partial charge in [0.15, 0.2) is 0 Å². The van der Waals surface area contributed by atoms with Gasteiger partial charge in [0.05, 0.1) is 24.2 Å². The van der Waals surface area contributed by atoms with Crippen LogP contribution in [0, 0.1) is 12.8 Å². The Bertz CT molecular complexity index is 706. The second-order valence-electron chi connectivity index (χ2n) is 4.40. The average molecular weight is 324 g/mol. The Kier molecular flexibility index (Phi) is 8.30. The molecular formula is C19H20N2OS. The molecule has 2 rings (SSSR count). The van der Waals surface area contributed by atoms with Gasteiger partial charge in [0.1, 0.15) is 5.01 Å². The number of aliphatic hydroxyl groups excluding tert-OH is 1. The van der Waals surface area contributed by atoms with Crippen LogP contribution >= 0.6 is 11.3 Å². The van der Waals surface area contributed by atoms with Crippen molar-refractivity contribution in [1.82, 2.24) is 4.98 Å². The maximum atomic E-state index is 9.00. The standard InChI is InChI=1S/C17H18N2OS.C2H2/c1-3-5-14(4-2)16-12-21-17(19-16)10-18-15-8-6-13(11-20)7-9-15;1-2/h3-10,12,20H,11H2,1-2H3;1-2H/b5-3-,14-4+,18-10?;. The lowest BCUT2D eigenvalue weighted by Gasteiger charge is -1.96. The number of hydrogen-bond acceptors (Lipinski definition) is 4. The van der Waals surface area contributed by atoms with E-state index in [1.165, 1.54) is 0 Å². The summed E-state index contributed by atoms with van der Waals surface area (Å²) >= 11 is 1.57. The van der Waals surface area contributed by atoms with Crippen LogP contribution in [-0.2, 0) is 6.61 Å². The number of aliphatic imine (C=N–C) groups is 1. The van der Waals surface area contributed by atoms with Crippen molar-refractivity contribution in [3.63, 3.8) is 0 Å². The maximum Gasteiger partial charge on any atom is 0.135 e. The molecule has 1 aromatic carbocycles. The highest BCUT2D eigenvalue weighted by molar-refractivity contribution is 7.11. The third-order valence-electron chi connectivity index (χ3n) is 2.92. The summed E-state index contributed by atoms with van der Waals surface area (Å²) in [6, 6.07) is 7.50. The fraction of sp³-hybridized carbons (Fsp3) is 0.158. The molecule has 1 heterocycles. The Hall–Kier alpha value is -2.48. The van der Waals surface area contributed by atoms with E-state index in [4.69, 9.17) is 5.11 Å². The zero-order valence-electron chi connectivity index (χ0n) is 13.3. The molecule has 1 N–H and O–H groups in total. The highest BCUT2D eigenvalue weighted by atomic mass is 32.1. The minimum Gasteiger partial charge on any atom is -0.392 e. The lowest BCUT2D eigenvalue weighted by atomic mass is 10.2. The number of aliphatic hydroxyl groups is 1. The van der Waals surface area contributed by atoms with E-state index in [0.717, 1.165) is 27.5 Å². The first-order valence-corrected chi connectivity index (χ1v) is 7.97. The van der Waals surface area contributed by atoms with Gasteiger partial charge in [-0.2, -0.15) is 0 Å². The molecule has 0 unspecified atom stereocenters. The first-order chi connectivity index (χ1) is 11.3. The van der Waals surface area contributed by atoms with Crippen LogP contribution in [0.2, 0.25) is 0 Å². The van der Waals surface area contributed by atoms with Gasteiger partial charge in [-0.3, -0.25) is 4.99 Å². The van der Waals surface area contributed by atoms with E-state index in [-0.39, 0.29) is 6.61 Å². The van der Waals surface area contributed by atoms with Gasteiger partial charge in [0.2, 0.25) is 0 Å². The Morgan fingerprint density at radius 3 is 2.52 bits per heavy atom. The van der Waals surface area contributed by atoms with E-state index in [2.05, 4.69) is 22.8 Å². The van der Waals surface area contributed by atoms with Crippen molar-refractivity contribution in [2.75, 3.05) is 0 Å². The number of aromatic nitrogens is 1. The van der Waals surface area contributed by atoms with E-state index >= 15 is 0 Å². The fourth-order valence-electron chi connectivity index (χ4n) is 1.81. The van der Waals surface area contributed by atoms with Gasteiger partial charge in [-0.15, -0.1) is 24.2 Å². The number of thiazole rings is 1. The zero-order valence-corrected chi connectivity index (χ0v) is 14.1. The van der Waals surface area contributed by atoms with E-state index in [0.29, 0.717) is 0 Å². The van der Waals surface area contributed by atoms with Crippen LogP contribution in [0.1, 0.15) is 30.1 Å². The number of terminal acetylenes is 1. The summed E-state index contributed by atoms with van der Waals surface area (Å²) in [5, 5.41) is 11.9. The van der Waals surface area contributed by atoms with Crippen molar-refractivity contribution in [1.29, 1.82) is 0 Å². The van der Waals surface area contributed by atoms with Gasteiger partial charge in [-0.25, -0.2) is 4.98 Å². The molecule has 0 bridgehead atoms. The average Bonchev–Trinajstić information content (AvgIpc) is 3.09. The number of benzene rings is 1. The molecule has 0 radical (unpaired) electrons. The first kappa shape index (κ1) is 18.6. The van der Waals surface area contributed by atoms with Gasteiger partial charge in [-0.1, -0.05) is 30.4 Å². The summed E-state index contributed by atoms with van der Waals surface area (Å²) in [5.74, 6) is 0. The van der Waals surface area contributed by atoms with Crippen molar-refractivity contribution >= 4 is 28.8 Å². The largest absolute Gasteiger partial charge is 0.392 e. The van der Waals surface area contributed by atoms with Crippen LogP contribution in [0.5, 0.6) is 0 Å². The summed E-state index contributed by atoms with van der Waals surface area (Å²) in [6.45, 7) is 4.05. The highest BCUT2D eigenvalue weighted by Crippen LogP contribution is 2.19. The summed E-state index contributed by atoms with van der Waals surface area (Å²) in [7, 11) is 0. The molecule has 0 atom stereocenters. The highest BCUT2D eigenvalue weighted by Gasteiger charge is 2.02. The minimum atomic E-state index is 0.0525. The maximum absolute atomic E-state index is 9.00. The van der Waals surface area contributed by atoms with Crippen LogP contribution in [0.15, 0.2) is 52.9 Å². The minimum absolute atomic E-state index is 0.0525. The third kappa shape index (κ3) is 5.67. The van der Waals surface area contributed by atoms with E-state index in [9.17, 15) is 0 Å². The molecule has 4 heteroatoms. The number of allylic oxidation sites excluding steroid dienone is 4. The summed E-state index contributed by atoms with van der Waals surface area (Å²) < 4.78 is 0. The second kappa shape index (κ2) is 10.3. The van der Waals surface area contributed by atoms with E-state index in [1.54, 1.807) is 17.6 Å². The predicted molar refractivity (Wildman–Crippen MR) is 100 cm³/mol. The summed E-state index contributed by atoms with van der Waals surface area (Å²) in [6.07, 6.45) is 15.9. The molecule has 0 amide bonds. The van der Waals surface area contributed by atoms with E-state index in [1.807, 2.05) is 61.7 Å². The molecule has 3 nitrogen and oxygen atoms in total. The lowest BCUT2D eigenvalue weighted by molar-refractivity contribution is 0.282. The molecule has 0 fully saturated rings. The van der Waals surface area contributed by atoms with Crippen molar-refractivity contribution in [2.24, 2.45) is 4.99 Å². The van der Waals surface area contributed by atoms with Crippen LogP contribution in [0.3, 0.4) is 0 Å². The summed E-state index contributed by atoms with van der Waals surface area (Å²) in [4.78, 5) is 8.96. The van der Waals surface area contributed by atoms with Crippen molar-refractivity contribution in [3.05, 3.63) is 64.1 Å². The monoisotopic (exact) mass is 324 g/mol. The molecule has 0 aliphatic carbocycles. The summed E-state index contributed by atoms with van der Waals surface area (Å²) in [5.41, 5.74) is 3.82. The Morgan fingerprint density at radius 1 is 1.26 bits per heavy atom. The molecule has 0 saturated heterocycles. The molecule has 0 saturated carbocycles. The first-order valence-electron chi connectivity index (χ1n) is 7.09. The molecule has 2 aromatic rings. The van der Waals surface area contributed by atoms with Crippen LogP contribution in [0.4, 0.5) is 5.69 Å². The second-order valence-corrected chi connectivity index (χ2v) is 5.29. The van der Waals surface area contributed by atoms with Crippen molar-refractivity contribution in [3.8, 4) is 12.8 Å².